The molecule has 0 spiro atoms. The predicted octanol–water partition coefficient (Wildman–Crippen LogP) is 2.74. The first-order valence-corrected chi connectivity index (χ1v) is 5.02. The number of aromatic nitrogens is 1. The molecule has 0 aromatic carbocycles. The summed E-state index contributed by atoms with van der Waals surface area (Å²) in [5, 5.41) is 9.86. The van der Waals surface area contributed by atoms with Crippen LogP contribution in [0.25, 0.3) is 0 Å². The fourth-order valence-corrected chi connectivity index (χ4v) is 1.55. The van der Waals surface area contributed by atoms with Gasteiger partial charge in [0.1, 0.15) is 0 Å². The molecule has 0 saturated heterocycles. The van der Waals surface area contributed by atoms with Crippen LogP contribution >= 0.6 is 0 Å². The third kappa shape index (κ3) is 2.32. The molecule has 14 heavy (non-hydrogen) atoms. The van der Waals surface area contributed by atoms with Gasteiger partial charge in [-0.05, 0) is 32.8 Å². The Morgan fingerprint density at radius 2 is 1.86 bits per heavy atom. The molecule has 2 nitrogen and oxygen atoms in total. The molecule has 1 aromatic rings. The molecular weight excluding hydrogens is 174 g/mol. The van der Waals surface area contributed by atoms with E-state index in [4.69, 9.17) is 0 Å². The van der Waals surface area contributed by atoms with E-state index in [9.17, 15) is 5.11 Å². The van der Waals surface area contributed by atoms with E-state index in [-0.39, 0.29) is 0 Å². The Bertz CT molecular complexity index is 324. The summed E-state index contributed by atoms with van der Waals surface area (Å²) in [5.41, 5.74) is 2.10. The fourth-order valence-electron chi connectivity index (χ4n) is 1.55. The van der Waals surface area contributed by atoms with Crippen LogP contribution in [0, 0.1) is 6.92 Å². The van der Waals surface area contributed by atoms with Gasteiger partial charge in [-0.1, -0.05) is 19.9 Å². The quantitative estimate of drug-likeness (QED) is 0.783. The highest BCUT2D eigenvalue weighted by Crippen LogP contribution is 2.23. The highest BCUT2D eigenvalue weighted by Gasteiger charge is 2.19. The third-order valence-corrected chi connectivity index (χ3v) is 2.36. The average Bonchev–Trinajstić information content (AvgIpc) is 2.01. The van der Waals surface area contributed by atoms with Crippen molar-refractivity contribution in [3.63, 3.8) is 0 Å². The van der Waals surface area contributed by atoms with Gasteiger partial charge in [0.15, 0.2) is 0 Å². The number of aryl methyl sites for hydroxylation is 1. The van der Waals surface area contributed by atoms with Gasteiger partial charge in [-0.25, -0.2) is 0 Å². The van der Waals surface area contributed by atoms with Crippen LogP contribution in [0.4, 0.5) is 0 Å². The van der Waals surface area contributed by atoms with Gasteiger partial charge in [0, 0.05) is 17.0 Å². The van der Waals surface area contributed by atoms with Crippen molar-refractivity contribution in [3.05, 3.63) is 29.1 Å². The standard InChI is InChI=1S/C12H19NO/c1-8(2)11-7-6-10(9(3)13-11)12(4,5)14/h6-8,14H,1-5H3. The van der Waals surface area contributed by atoms with Crippen LogP contribution in [0.5, 0.6) is 0 Å². The van der Waals surface area contributed by atoms with Crippen molar-refractivity contribution in [2.75, 3.05) is 0 Å². The second-order valence-corrected chi connectivity index (χ2v) is 4.58. The van der Waals surface area contributed by atoms with E-state index >= 15 is 0 Å². The molecular formula is C12H19NO. The molecule has 1 N–H and O–H groups in total. The third-order valence-electron chi connectivity index (χ3n) is 2.36. The van der Waals surface area contributed by atoms with Crippen LogP contribution in [-0.4, -0.2) is 10.1 Å². The largest absolute Gasteiger partial charge is 0.386 e. The van der Waals surface area contributed by atoms with Gasteiger partial charge in [0.2, 0.25) is 0 Å². The molecule has 0 aliphatic rings. The Kier molecular flexibility index (Phi) is 2.95. The second-order valence-electron chi connectivity index (χ2n) is 4.58. The highest BCUT2D eigenvalue weighted by atomic mass is 16.3. The number of aliphatic hydroxyl groups is 1. The lowest BCUT2D eigenvalue weighted by Crippen LogP contribution is -2.18. The number of rotatable bonds is 2. The molecule has 78 valence electrons. The molecule has 1 aromatic heterocycles. The number of pyridine rings is 1. The molecule has 1 heterocycles. The zero-order valence-corrected chi connectivity index (χ0v) is 9.63. The van der Waals surface area contributed by atoms with E-state index in [1.807, 2.05) is 19.1 Å². The van der Waals surface area contributed by atoms with Crippen molar-refractivity contribution in [3.8, 4) is 0 Å². The summed E-state index contributed by atoms with van der Waals surface area (Å²) in [4.78, 5) is 4.48. The van der Waals surface area contributed by atoms with Crippen molar-refractivity contribution in [1.29, 1.82) is 0 Å². The zero-order chi connectivity index (χ0) is 10.9. The van der Waals surface area contributed by atoms with Gasteiger partial charge in [0.25, 0.3) is 0 Å². The maximum absolute atomic E-state index is 9.86. The van der Waals surface area contributed by atoms with Crippen molar-refractivity contribution < 1.29 is 5.11 Å². The van der Waals surface area contributed by atoms with Crippen molar-refractivity contribution >= 4 is 0 Å². The Morgan fingerprint density at radius 3 is 2.21 bits per heavy atom. The number of hydrogen-bond acceptors (Lipinski definition) is 2. The van der Waals surface area contributed by atoms with E-state index < -0.39 is 5.60 Å². The van der Waals surface area contributed by atoms with E-state index in [1.54, 1.807) is 13.8 Å². The topological polar surface area (TPSA) is 33.1 Å². The molecule has 0 fully saturated rings. The lowest BCUT2D eigenvalue weighted by Gasteiger charge is -2.20. The minimum atomic E-state index is -0.799. The molecule has 2 heteroatoms. The molecule has 0 saturated carbocycles. The van der Waals surface area contributed by atoms with E-state index in [0.717, 1.165) is 17.0 Å². The van der Waals surface area contributed by atoms with E-state index in [2.05, 4.69) is 18.8 Å². The normalized spacial score (nSPS) is 12.2. The van der Waals surface area contributed by atoms with Gasteiger partial charge in [0.05, 0.1) is 5.60 Å². The summed E-state index contributed by atoms with van der Waals surface area (Å²) in [6.07, 6.45) is 0. The molecule has 0 unspecified atom stereocenters. The molecule has 0 aliphatic carbocycles. The van der Waals surface area contributed by atoms with Gasteiger partial charge < -0.3 is 5.11 Å². The smallest absolute Gasteiger partial charge is 0.0857 e. The summed E-state index contributed by atoms with van der Waals surface area (Å²) in [7, 11) is 0. The van der Waals surface area contributed by atoms with Crippen LogP contribution in [0.3, 0.4) is 0 Å². The van der Waals surface area contributed by atoms with Crippen LogP contribution < -0.4 is 0 Å². The second kappa shape index (κ2) is 3.70. The summed E-state index contributed by atoms with van der Waals surface area (Å²) in [6, 6.07) is 3.96. The Labute approximate surface area is 86.0 Å². The first-order valence-electron chi connectivity index (χ1n) is 5.02. The van der Waals surface area contributed by atoms with Crippen molar-refractivity contribution in [2.24, 2.45) is 0 Å². The number of hydrogen-bond donors (Lipinski definition) is 1. The Balaban J connectivity index is 3.15. The number of nitrogens with zero attached hydrogens (tertiary/aromatic N) is 1. The lowest BCUT2D eigenvalue weighted by molar-refractivity contribution is 0.0774. The monoisotopic (exact) mass is 193 g/mol. The summed E-state index contributed by atoms with van der Waals surface area (Å²) in [6.45, 7) is 9.74. The summed E-state index contributed by atoms with van der Waals surface area (Å²) >= 11 is 0. The first kappa shape index (κ1) is 11.2. The van der Waals surface area contributed by atoms with Crippen LogP contribution in [0.1, 0.15) is 50.6 Å². The minimum Gasteiger partial charge on any atom is -0.386 e. The van der Waals surface area contributed by atoms with Crippen LogP contribution in [0.15, 0.2) is 12.1 Å². The van der Waals surface area contributed by atoms with Gasteiger partial charge in [-0.3, -0.25) is 4.98 Å². The molecule has 0 amide bonds. The van der Waals surface area contributed by atoms with Gasteiger partial charge in [-0.2, -0.15) is 0 Å². The van der Waals surface area contributed by atoms with Crippen LogP contribution in [0.2, 0.25) is 0 Å². The fraction of sp³-hybridized carbons (Fsp3) is 0.583. The SMILES string of the molecule is Cc1nc(C(C)C)ccc1C(C)(C)O. The van der Waals surface area contributed by atoms with E-state index in [1.165, 1.54) is 0 Å². The molecule has 0 atom stereocenters. The molecule has 0 aliphatic heterocycles. The first-order chi connectivity index (χ1) is 6.32. The summed E-state index contributed by atoms with van der Waals surface area (Å²) < 4.78 is 0. The predicted molar refractivity (Wildman–Crippen MR) is 58.3 cm³/mol. The Hall–Kier alpha value is -0.890. The van der Waals surface area contributed by atoms with Crippen molar-refractivity contribution in [1.82, 2.24) is 4.98 Å². The van der Waals surface area contributed by atoms with Crippen molar-refractivity contribution in [2.45, 2.75) is 46.1 Å². The highest BCUT2D eigenvalue weighted by molar-refractivity contribution is 5.27. The lowest BCUT2D eigenvalue weighted by atomic mass is 9.96. The molecule has 1 rings (SSSR count). The zero-order valence-electron chi connectivity index (χ0n) is 9.63. The van der Waals surface area contributed by atoms with Crippen LogP contribution in [-0.2, 0) is 5.60 Å². The minimum absolute atomic E-state index is 0.435. The molecule has 0 radical (unpaired) electrons. The maximum Gasteiger partial charge on any atom is 0.0857 e. The van der Waals surface area contributed by atoms with Gasteiger partial charge in [-0.15, -0.1) is 0 Å². The van der Waals surface area contributed by atoms with Gasteiger partial charge >= 0.3 is 0 Å². The van der Waals surface area contributed by atoms with E-state index in [0.29, 0.717) is 5.92 Å². The average molecular weight is 193 g/mol. The molecule has 0 bridgehead atoms. The summed E-state index contributed by atoms with van der Waals surface area (Å²) in [5.74, 6) is 0.435. The maximum atomic E-state index is 9.86. The Morgan fingerprint density at radius 1 is 1.29 bits per heavy atom.